The maximum Gasteiger partial charge on any atom is 0.418 e. The molecule has 1 heterocycles. The van der Waals surface area contributed by atoms with Crippen molar-refractivity contribution in [2.75, 3.05) is 5.32 Å². The van der Waals surface area contributed by atoms with Crippen LogP contribution < -0.4 is 5.32 Å². The van der Waals surface area contributed by atoms with Crippen molar-refractivity contribution in [2.45, 2.75) is 32.4 Å². The average Bonchev–Trinajstić information content (AvgIpc) is 2.86. The molecule has 0 bridgehead atoms. The van der Waals surface area contributed by atoms with E-state index in [1.807, 2.05) is 20.8 Å². The van der Waals surface area contributed by atoms with Gasteiger partial charge < -0.3 is 5.32 Å². The molecule has 8 nitrogen and oxygen atoms in total. The maximum absolute atomic E-state index is 13.4. The predicted octanol–water partition coefficient (Wildman–Crippen LogP) is 5.78. The highest BCUT2D eigenvalue weighted by molar-refractivity contribution is 9.10. The van der Waals surface area contributed by atoms with Gasteiger partial charge in [0.05, 0.1) is 31.6 Å². The van der Waals surface area contributed by atoms with E-state index in [4.69, 9.17) is 0 Å². The van der Waals surface area contributed by atoms with Crippen LogP contribution >= 0.6 is 27.5 Å². The van der Waals surface area contributed by atoms with E-state index in [1.165, 1.54) is 0 Å². The molecule has 1 aromatic carbocycles. The van der Waals surface area contributed by atoms with Gasteiger partial charge in [0, 0.05) is 11.5 Å². The molecule has 1 N–H and O–H groups in total. The zero-order valence-corrected chi connectivity index (χ0v) is 16.5. The third-order valence-corrected chi connectivity index (χ3v) is 5.20. The first-order valence-corrected chi connectivity index (χ1v) is 8.76. The van der Waals surface area contributed by atoms with E-state index in [0.717, 1.165) is 11.5 Å². The van der Waals surface area contributed by atoms with Gasteiger partial charge in [0.1, 0.15) is 10.7 Å². The van der Waals surface area contributed by atoms with Crippen molar-refractivity contribution in [3.63, 3.8) is 0 Å². The summed E-state index contributed by atoms with van der Waals surface area (Å²) in [5.41, 5.74) is -4.37. The Balaban J connectivity index is 2.70. The van der Waals surface area contributed by atoms with E-state index in [-0.39, 0.29) is 11.1 Å². The first-order valence-electron chi connectivity index (χ1n) is 7.20. The second-order valence-corrected chi connectivity index (χ2v) is 8.02. The van der Waals surface area contributed by atoms with Gasteiger partial charge in [-0.05, 0) is 27.5 Å². The topological polar surface area (TPSA) is 111 Å². The molecular formula is C14H12BrF3N4O4S. The minimum absolute atomic E-state index is 0.113. The number of nitro benzene ring substituents is 2. The molecule has 0 fully saturated rings. The molecule has 0 aliphatic rings. The van der Waals surface area contributed by atoms with Crippen molar-refractivity contribution in [2.24, 2.45) is 0 Å². The highest BCUT2D eigenvalue weighted by Crippen LogP contribution is 2.46. The number of rotatable bonds is 4. The van der Waals surface area contributed by atoms with Gasteiger partial charge in [0.15, 0.2) is 0 Å². The summed E-state index contributed by atoms with van der Waals surface area (Å²) in [4.78, 5) is 19.9. The van der Waals surface area contributed by atoms with Crippen LogP contribution in [-0.2, 0) is 11.6 Å². The van der Waals surface area contributed by atoms with Crippen LogP contribution in [0.5, 0.6) is 0 Å². The van der Waals surface area contributed by atoms with Crippen LogP contribution in [0.4, 0.5) is 35.2 Å². The molecule has 0 unspecified atom stereocenters. The van der Waals surface area contributed by atoms with Crippen molar-refractivity contribution >= 4 is 49.5 Å². The smallest absolute Gasteiger partial charge is 0.339 e. The minimum Gasteiger partial charge on any atom is -0.339 e. The molecule has 0 aliphatic heterocycles. The van der Waals surface area contributed by atoms with Crippen LogP contribution in [0.15, 0.2) is 16.6 Å². The Hall–Kier alpha value is -2.28. The van der Waals surface area contributed by atoms with Crippen molar-refractivity contribution in [3.05, 3.63) is 48.1 Å². The molecule has 27 heavy (non-hydrogen) atoms. The number of alkyl halides is 3. The first-order chi connectivity index (χ1) is 12.2. The third kappa shape index (κ3) is 4.35. The first kappa shape index (κ1) is 21.0. The lowest BCUT2D eigenvalue weighted by Gasteiger charge is -2.16. The summed E-state index contributed by atoms with van der Waals surface area (Å²) in [5.74, 6) is 0. The molecule has 2 rings (SSSR count). The molecular weight excluding hydrogens is 457 g/mol. The summed E-state index contributed by atoms with van der Waals surface area (Å²) < 4.78 is 44.8. The van der Waals surface area contributed by atoms with Gasteiger partial charge >= 0.3 is 6.18 Å². The SMILES string of the molecule is CC(C)(C)c1nsc(Nc2c([N+](=O)[O-])cc([N+](=O)[O-])cc2C(F)(F)F)c1Br. The Morgan fingerprint density at radius 3 is 2.15 bits per heavy atom. The number of aromatic nitrogens is 1. The second-order valence-electron chi connectivity index (χ2n) is 6.45. The molecule has 0 atom stereocenters. The van der Waals surface area contributed by atoms with Crippen LogP contribution in [0.2, 0.25) is 0 Å². The Morgan fingerprint density at radius 1 is 1.15 bits per heavy atom. The normalized spacial score (nSPS) is 12.1. The Bertz CT molecular complexity index is 924. The zero-order valence-electron chi connectivity index (χ0n) is 14.0. The van der Waals surface area contributed by atoms with Crippen molar-refractivity contribution in [1.29, 1.82) is 0 Å². The number of non-ortho nitro benzene ring substituents is 1. The van der Waals surface area contributed by atoms with Gasteiger partial charge in [0.25, 0.3) is 11.4 Å². The van der Waals surface area contributed by atoms with E-state index in [1.54, 1.807) is 0 Å². The molecule has 0 saturated carbocycles. The van der Waals surface area contributed by atoms with Gasteiger partial charge in [-0.2, -0.15) is 17.5 Å². The summed E-state index contributed by atoms with van der Waals surface area (Å²) in [7, 11) is 0. The summed E-state index contributed by atoms with van der Waals surface area (Å²) in [6.07, 6.45) is -5.05. The average molecular weight is 469 g/mol. The molecule has 0 amide bonds. The fourth-order valence-corrected chi connectivity index (χ4v) is 4.14. The number of nitrogens with one attached hydrogen (secondary N) is 1. The van der Waals surface area contributed by atoms with E-state index < -0.39 is 44.1 Å². The van der Waals surface area contributed by atoms with E-state index in [9.17, 15) is 33.4 Å². The van der Waals surface area contributed by atoms with Crippen molar-refractivity contribution in [3.8, 4) is 0 Å². The largest absolute Gasteiger partial charge is 0.418 e. The molecule has 146 valence electrons. The van der Waals surface area contributed by atoms with Gasteiger partial charge in [-0.3, -0.25) is 20.2 Å². The maximum atomic E-state index is 13.4. The van der Waals surface area contributed by atoms with E-state index in [0.29, 0.717) is 16.2 Å². The highest BCUT2D eigenvalue weighted by atomic mass is 79.9. The fraction of sp³-hybridized carbons (Fsp3) is 0.357. The lowest BCUT2D eigenvalue weighted by Crippen LogP contribution is -2.13. The van der Waals surface area contributed by atoms with Gasteiger partial charge in [-0.15, -0.1) is 0 Å². The molecule has 0 aliphatic carbocycles. The summed E-state index contributed by atoms with van der Waals surface area (Å²) in [6, 6.07) is 0.742. The highest BCUT2D eigenvalue weighted by Gasteiger charge is 2.40. The Morgan fingerprint density at radius 2 is 1.74 bits per heavy atom. The number of nitro groups is 2. The van der Waals surface area contributed by atoms with Gasteiger partial charge in [0.2, 0.25) is 0 Å². The predicted molar refractivity (Wildman–Crippen MR) is 96.5 cm³/mol. The second kappa shape index (κ2) is 7.03. The fourth-order valence-electron chi connectivity index (χ4n) is 2.15. The van der Waals surface area contributed by atoms with Crippen LogP contribution in [0, 0.1) is 20.2 Å². The summed E-state index contributed by atoms with van der Waals surface area (Å²) in [5, 5.41) is 24.6. The zero-order chi connectivity index (χ0) is 20.7. The minimum atomic E-state index is -5.05. The van der Waals surface area contributed by atoms with Gasteiger partial charge in [-0.1, -0.05) is 20.8 Å². The molecule has 0 radical (unpaired) electrons. The Kier molecular flexibility index (Phi) is 5.48. The van der Waals surface area contributed by atoms with Crippen LogP contribution in [0.1, 0.15) is 32.0 Å². The quantitative estimate of drug-likeness (QED) is 0.449. The van der Waals surface area contributed by atoms with Crippen LogP contribution in [0.25, 0.3) is 0 Å². The third-order valence-electron chi connectivity index (χ3n) is 3.40. The molecule has 0 saturated heterocycles. The number of anilines is 2. The number of nitrogens with zero attached hydrogens (tertiary/aromatic N) is 3. The lowest BCUT2D eigenvalue weighted by molar-refractivity contribution is -0.394. The molecule has 0 spiro atoms. The van der Waals surface area contributed by atoms with E-state index >= 15 is 0 Å². The number of hydrogen-bond donors (Lipinski definition) is 1. The Labute approximate surface area is 163 Å². The van der Waals surface area contributed by atoms with Crippen molar-refractivity contribution < 1.29 is 23.0 Å². The number of halogens is 4. The van der Waals surface area contributed by atoms with Crippen LogP contribution in [-0.4, -0.2) is 14.2 Å². The number of benzene rings is 1. The van der Waals surface area contributed by atoms with E-state index in [2.05, 4.69) is 25.6 Å². The number of hydrogen-bond acceptors (Lipinski definition) is 7. The molecule has 1 aromatic heterocycles. The lowest BCUT2D eigenvalue weighted by atomic mass is 9.92. The molecule has 13 heteroatoms. The van der Waals surface area contributed by atoms with Crippen molar-refractivity contribution in [1.82, 2.24) is 4.37 Å². The monoisotopic (exact) mass is 468 g/mol. The molecule has 2 aromatic rings. The van der Waals surface area contributed by atoms with Crippen LogP contribution in [0.3, 0.4) is 0 Å². The summed E-state index contributed by atoms with van der Waals surface area (Å²) in [6.45, 7) is 5.52. The summed E-state index contributed by atoms with van der Waals surface area (Å²) >= 11 is 4.06. The van der Waals surface area contributed by atoms with Gasteiger partial charge in [-0.25, -0.2) is 0 Å². The standard InChI is InChI=1S/C14H12BrF3N4O4S/c1-13(2,3)11-9(15)12(27-20-11)19-10-7(14(16,17)18)4-6(21(23)24)5-8(10)22(25)26/h4-5,19H,1-3H3.